The Hall–Kier alpha value is -1.92. The molecule has 7 nitrogen and oxygen atoms in total. The van der Waals surface area contributed by atoms with Crippen LogP contribution in [-0.2, 0) is 19.2 Å². The van der Waals surface area contributed by atoms with E-state index in [-0.39, 0.29) is 37.2 Å². The van der Waals surface area contributed by atoms with Gasteiger partial charge in [-0.2, -0.15) is 0 Å². The lowest BCUT2D eigenvalue weighted by Crippen LogP contribution is -2.45. The van der Waals surface area contributed by atoms with Crippen molar-refractivity contribution in [2.45, 2.75) is 32.1 Å². The van der Waals surface area contributed by atoms with E-state index in [0.717, 1.165) is 30.6 Å². The molecule has 0 bridgehead atoms. The Bertz CT molecular complexity index is 483. The van der Waals surface area contributed by atoms with E-state index in [0.29, 0.717) is 0 Å². The molecule has 0 aromatic heterocycles. The molecule has 0 unspecified atom stereocenters. The Labute approximate surface area is 123 Å². The van der Waals surface area contributed by atoms with Gasteiger partial charge in [-0.05, 0) is 12.8 Å². The molecular weight excluding hydrogens is 274 g/mol. The van der Waals surface area contributed by atoms with Crippen LogP contribution in [0.3, 0.4) is 0 Å². The predicted octanol–water partition coefficient (Wildman–Crippen LogP) is -0.490. The zero-order valence-corrected chi connectivity index (χ0v) is 12.5. The first kappa shape index (κ1) is 15.5. The van der Waals surface area contributed by atoms with E-state index < -0.39 is 11.3 Å². The second-order valence-corrected chi connectivity index (χ2v) is 5.87. The maximum Gasteiger partial charge on any atom is 0.242 e. The van der Waals surface area contributed by atoms with Crippen molar-refractivity contribution in [1.82, 2.24) is 15.1 Å². The number of likely N-dealkylation sites (N-methyl/N-ethyl adjacent to an activating group) is 2. The van der Waals surface area contributed by atoms with Gasteiger partial charge >= 0.3 is 0 Å². The van der Waals surface area contributed by atoms with Crippen LogP contribution in [-0.4, -0.2) is 60.6 Å². The highest BCUT2D eigenvalue weighted by Gasteiger charge is 2.52. The van der Waals surface area contributed by atoms with Crippen molar-refractivity contribution in [3.05, 3.63) is 0 Å². The van der Waals surface area contributed by atoms with Crippen LogP contribution in [0.1, 0.15) is 32.1 Å². The topological polar surface area (TPSA) is 86.8 Å². The van der Waals surface area contributed by atoms with Crippen molar-refractivity contribution in [3.8, 4) is 0 Å². The van der Waals surface area contributed by atoms with E-state index in [2.05, 4.69) is 5.32 Å². The van der Waals surface area contributed by atoms with Crippen LogP contribution < -0.4 is 5.32 Å². The van der Waals surface area contributed by atoms with Gasteiger partial charge in [-0.15, -0.1) is 0 Å². The highest BCUT2D eigenvalue weighted by molar-refractivity contribution is 6.08. The van der Waals surface area contributed by atoms with Gasteiger partial charge in [0.05, 0.1) is 12.0 Å². The number of nitrogens with one attached hydrogen (secondary N) is 1. The number of hydrogen-bond acceptors (Lipinski definition) is 4. The van der Waals surface area contributed by atoms with Gasteiger partial charge in [0.1, 0.15) is 6.54 Å². The summed E-state index contributed by atoms with van der Waals surface area (Å²) in [5.41, 5.74) is -0.559. The Kier molecular flexibility index (Phi) is 4.29. The molecule has 0 aromatic rings. The van der Waals surface area contributed by atoms with Crippen molar-refractivity contribution in [1.29, 1.82) is 0 Å². The van der Waals surface area contributed by atoms with Gasteiger partial charge in [-0.25, -0.2) is 0 Å². The Morgan fingerprint density at radius 2 is 1.90 bits per heavy atom. The second-order valence-electron chi connectivity index (χ2n) is 5.87. The smallest absolute Gasteiger partial charge is 0.242 e. The predicted molar refractivity (Wildman–Crippen MR) is 73.9 cm³/mol. The normalized spacial score (nSPS) is 20.2. The third-order valence-corrected chi connectivity index (χ3v) is 4.43. The standard InChI is InChI=1S/C14H21N3O4/c1-15-10(18)8-16(2)12(20)9-17-11(19)7-14(13(17)21)5-3-4-6-14/h3-9H2,1-2H3,(H,15,18). The van der Waals surface area contributed by atoms with E-state index in [9.17, 15) is 19.2 Å². The molecule has 7 heteroatoms. The second kappa shape index (κ2) is 5.83. The summed E-state index contributed by atoms with van der Waals surface area (Å²) in [6.07, 6.45) is 3.60. The molecule has 1 heterocycles. The summed E-state index contributed by atoms with van der Waals surface area (Å²) in [6.45, 7) is -0.358. The largest absolute Gasteiger partial charge is 0.358 e. The lowest BCUT2D eigenvalue weighted by molar-refractivity contribution is -0.147. The van der Waals surface area contributed by atoms with Gasteiger partial charge < -0.3 is 10.2 Å². The summed E-state index contributed by atoms with van der Waals surface area (Å²) in [5.74, 6) is -1.19. The average molecular weight is 295 g/mol. The molecule has 1 aliphatic heterocycles. The van der Waals surface area contributed by atoms with Crippen LogP contribution >= 0.6 is 0 Å². The van der Waals surface area contributed by atoms with Crippen LogP contribution in [0.4, 0.5) is 0 Å². The van der Waals surface area contributed by atoms with Crippen molar-refractivity contribution in [3.63, 3.8) is 0 Å². The first-order valence-corrected chi connectivity index (χ1v) is 7.19. The number of carbonyl (C=O) groups is 4. The summed E-state index contributed by atoms with van der Waals surface area (Å²) in [7, 11) is 2.96. The van der Waals surface area contributed by atoms with E-state index in [1.165, 1.54) is 19.0 Å². The molecule has 21 heavy (non-hydrogen) atoms. The van der Waals surface area contributed by atoms with Gasteiger partial charge in [0.2, 0.25) is 23.6 Å². The summed E-state index contributed by atoms with van der Waals surface area (Å²) in [5, 5.41) is 2.42. The van der Waals surface area contributed by atoms with E-state index >= 15 is 0 Å². The molecule has 1 aliphatic carbocycles. The molecule has 2 fully saturated rings. The third kappa shape index (κ3) is 2.91. The lowest BCUT2D eigenvalue weighted by atomic mass is 9.84. The van der Waals surface area contributed by atoms with Crippen molar-refractivity contribution >= 4 is 23.6 Å². The van der Waals surface area contributed by atoms with Gasteiger partial charge in [0.25, 0.3) is 0 Å². The third-order valence-electron chi connectivity index (χ3n) is 4.43. The summed E-state index contributed by atoms with van der Waals surface area (Å²) in [6, 6.07) is 0. The van der Waals surface area contributed by atoms with Crippen LogP contribution in [0.15, 0.2) is 0 Å². The minimum atomic E-state index is -0.559. The Balaban J connectivity index is 1.99. The molecule has 0 atom stereocenters. The number of hydrogen-bond donors (Lipinski definition) is 1. The number of carbonyl (C=O) groups excluding carboxylic acids is 4. The summed E-state index contributed by atoms with van der Waals surface area (Å²) < 4.78 is 0. The molecule has 2 aliphatic rings. The minimum Gasteiger partial charge on any atom is -0.358 e. The van der Waals surface area contributed by atoms with Gasteiger partial charge in [0.15, 0.2) is 0 Å². The monoisotopic (exact) mass is 295 g/mol. The van der Waals surface area contributed by atoms with Crippen molar-refractivity contribution in [2.75, 3.05) is 27.2 Å². The molecule has 1 saturated carbocycles. The van der Waals surface area contributed by atoms with Crippen LogP contribution in [0.25, 0.3) is 0 Å². The number of likely N-dealkylation sites (tertiary alicyclic amines) is 1. The molecular formula is C14H21N3O4. The summed E-state index contributed by atoms with van der Waals surface area (Å²) >= 11 is 0. The number of imide groups is 1. The lowest BCUT2D eigenvalue weighted by Gasteiger charge is -2.22. The molecule has 0 aromatic carbocycles. The fourth-order valence-corrected chi connectivity index (χ4v) is 3.10. The maximum atomic E-state index is 12.4. The maximum absolute atomic E-state index is 12.4. The minimum absolute atomic E-state index is 0.0866. The van der Waals surface area contributed by atoms with E-state index in [4.69, 9.17) is 0 Å². The Morgan fingerprint density at radius 1 is 1.29 bits per heavy atom. The zero-order chi connectivity index (χ0) is 15.6. The molecule has 1 N–H and O–H groups in total. The first-order chi connectivity index (χ1) is 9.89. The highest BCUT2D eigenvalue weighted by Crippen LogP contribution is 2.46. The van der Waals surface area contributed by atoms with Gasteiger partial charge in [-0.3, -0.25) is 24.1 Å². The van der Waals surface area contributed by atoms with Crippen LogP contribution in [0.5, 0.6) is 0 Å². The van der Waals surface area contributed by atoms with Crippen molar-refractivity contribution in [2.24, 2.45) is 5.41 Å². The molecule has 1 spiro atoms. The van der Waals surface area contributed by atoms with Gasteiger partial charge in [0, 0.05) is 20.5 Å². The molecule has 116 valence electrons. The number of nitrogens with zero attached hydrogens (tertiary/aromatic N) is 2. The number of rotatable bonds is 4. The number of amides is 4. The van der Waals surface area contributed by atoms with E-state index in [1.807, 2.05) is 0 Å². The first-order valence-electron chi connectivity index (χ1n) is 7.19. The molecule has 4 amide bonds. The quantitative estimate of drug-likeness (QED) is 0.709. The Morgan fingerprint density at radius 3 is 2.48 bits per heavy atom. The van der Waals surface area contributed by atoms with Crippen LogP contribution in [0.2, 0.25) is 0 Å². The molecule has 0 radical (unpaired) electrons. The SMILES string of the molecule is CNC(=O)CN(C)C(=O)CN1C(=O)CC2(CCCC2)C1=O. The van der Waals surface area contributed by atoms with E-state index in [1.54, 1.807) is 0 Å². The summed E-state index contributed by atoms with van der Waals surface area (Å²) in [4.78, 5) is 50.0. The van der Waals surface area contributed by atoms with Gasteiger partial charge in [-0.1, -0.05) is 12.8 Å². The molecule has 2 rings (SSSR count). The fourth-order valence-electron chi connectivity index (χ4n) is 3.10. The fraction of sp³-hybridized carbons (Fsp3) is 0.714. The van der Waals surface area contributed by atoms with Crippen LogP contribution in [0, 0.1) is 5.41 Å². The average Bonchev–Trinajstić information content (AvgIpc) is 3.00. The van der Waals surface area contributed by atoms with Crippen molar-refractivity contribution < 1.29 is 19.2 Å². The molecule has 1 saturated heterocycles. The highest BCUT2D eigenvalue weighted by atomic mass is 16.2. The zero-order valence-electron chi connectivity index (χ0n) is 12.5.